The SMILES string of the molecule is Nc1nnc(-c2csc(C(=O)c3cn(P(=O)(O)O)c4c(F)cccc34)n2)o1. The Morgan fingerprint density at radius 2 is 2.11 bits per heavy atom. The first-order chi connectivity index (χ1) is 12.8. The summed E-state index contributed by atoms with van der Waals surface area (Å²) in [6.45, 7) is 0. The summed E-state index contributed by atoms with van der Waals surface area (Å²) in [4.78, 5) is 35.9. The van der Waals surface area contributed by atoms with Crippen molar-refractivity contribution in [3.05, 3.63) is 46.2 Å². The van der Waals surface area contributed by atoms with Crippen LogP contribution in [0.1, 0.15) is 15.4 Å². The van der Waals surface area contributed by atoms with Gasteiger partial charge in [0.05, 0.1) is 11.1 Å². The number of nitrogens with two attached hydrogens (primary N) is 1. The number of hydrogen-bond donors (Lipinski definition) is 3. The predicted molar refractivity (Wildman–Crippen MR) is 92.6 cm³/mol. The molecule has 10 nitrogen and oxygen atoms in total. The molecule has 27 heavy (non-hydrogen) atoms. The van der Waals surface area contributed by atoms with E-state index in [1.165, 1.54) is 17.5 Å². The van der Waals surface area contributed by atoms with Crippen molar-refractivity contribution in [2.24, 2.45) is 0 Å². The minimum absolute atomic E-state index is 0.00389. The van der Waals surface area contributed by atoms with E-state index in [1.54, 1.807) is 0 Å². The van der Waals surface area contributed by atoms with E-state index in [4.69, 9.17) is 10.2 Å². The van der Waals surface area contributed by atoms with Gasteiger partial charge >= 0.3 is 13.8 Å². The fourth-order valence-electron chi connectivity index (χ4n) is 2.54. The van der Waals surface area contributed by atoms with Crippen molar-refractivity contribution in [2.75, 3.05) is 5.73 Å². The third kappa shape index (κ3) is 2.94. The zero-order valence-electron chi connectivity index (χ0n) is 13.1. The number of ketones is 1. The number of carbonyl (C=O) groups is 1. The van der Waals surface area contributed by atoms with Crippen molar-refractivity contribution < 1.29 is 28.0 Å². The molecule has 0 bridgehead atoms. The van der Waals surface area contributed by atoms with Crippen LogP contribution in [0.15, 0.2) is 34.2 Å². The van der Waals surface area contributed by atoms with E-state index in [9.17, 15) is 23.5 Å². The Bertz CT molecular complexity index is 1240. The first-order valence-corrected chi connectivity index (χ1v) is 9.65. The third-order valence-corrected chi connectivity index (χ3v) is 5.36. The van der Waals surface area contributed by atoms with Crippen molar-refractivity contribution in [3.8, 4) is 11.6 Å². The first-order valence-electron chi connectivity index (χ1n) is 7.21. The Kier molecular flexibility index (Phi) is 3.93. The Labute approximate surface area is 153 Å². The number of carbonyl (C=O) groups excluding carboxylic acids is 1. The molecule has 138 valence electrons. The minimum atomic E-state index is -4.88. The van der Waals surface area contributed by atoms with Crippen LogP contribution in [0.2, 0.25) is 0 Å². The molecule has 1 aromatic carbocycles. The number of thiazole rings is 1. The van der Waals surface area contributed by atoms with Crippen molar-refractivity contribution in [2.45, 2.75) is 0 Å². The molecule has 3 heterocycles. The monoisotopic (exact) mass is 409 g/mol. The summed E-state index contributed by atoms with van der Waals surface area (Å²) >= 11 is 0.960. The van der Waals surface area contributed by atoms with Gasteiger partial charge in [0.2, 0.25) is 5.78 Å². The molecule has 0 aliphatic carbocycles. The Hall–Kier alpha value is -2.92. The molecule has 0 saturated carbocycles. The predicted octanol–water partition coefficient (Wildman–Crippen LogP) is 2.04. The Balaban J connectivity index is 1.83. The van der Waals surface area contributed by atoms with Gasteiger partial charge in [-0.15, -0.1) is 16.4 Å². The fourth-order valence-corrected chi connectivity index (χ4v) is 4.01. The van der Waals surface area contributed by atoms with Crippen molar-refractivity contribution >= 4 is 41.8 Å². The zero-order chi connectivity index (χ0) is 19.3. The maximum atomic E-state index is 14.2. The molecule has 4 rings (SSSR count). The largest absolute Gasteiger partial charge is 0.434 e. The molecule has 4 N–H and O–H groups in total. The van der Waals surface area contributed by atoms with Crippen molar-refractivity contribution in [1.82, 2.24) is 19.5 Å². The average molecular weight is 409 g/mol. The Morgan fingerprint density at radius 3 is 2.78 bits per heavy atom. The van der Waals surface area contributed by atoms with Crippen LogP contribution in [-0.4, -0.2) is 35.1 Å². The maximum absolute atomic E-state index is 14.2. The second-order valence-electron chi connectivity index (χ2n) is 5.35. The first kappa shape index (κ1) is 17.5. The smallest absolute Gasteiger partial charge is 0.402 e. The molecule has 4 aromatic rings. The molecule has 3 aromatic heterocycles. The van der Waals surface area contributed by atoms with Gasteiger partial charge in [0.15, 0.2) is 5.01 Å². The lowest BCUT2D eigenvalue weighted by atomic mass is 10.1. The third-order valence-electron chi connectivity index (χ3n) is 3.64. The van der Waals surface area contributed by atoms with Crippen LogP contribution in [0.3, 0.4) is 0 Å². The number of hydrogen-bond acceptors (Lipinski definition) is 8. The summed E-state index contributed by atoms with van der Waals surface area (Å²) in [6, 6.07) is 3.62. The molecule has 0 unspecified atom stereocenters. The fraction of sp³-hybridized carbons (Fsp3) is 0. The Morgan fingerprint density at radius 1 is 1.33 bits per heavy atom. The van der Waals surface area contributed by atoms with Crippen LogP contribution >= 0.6 is 19.1 Å². The quantitative estimate of drug-likeness (QED) is 0.339. The lowest BCUT2D eigenvalue weighted by Crippen LogP contribution is -2.00. The highest BCUT2D eigenvalue weighted by Gasteiger charge is 2.28. The van der Waals surface area contributed by atoms with E-state index in [0.29, 0.717) is 4.34 Å². The topological polar surface area (TPSA) is 157 Å². The lowest BCUT2D eigenvalue weighted by Gasteiger charge is -2.06. The molecular formula is C14H9FN5O5PS. The van der Waals surface area contributed by atoms with Gasteiger partial charge < -0.3 is 19.9 Å². The normalized spacial score (nSPS) is 12.0. The van der Waals surface area contributed by atoms with Gasteiger partial charge in [-0.2, -0.15) is 0 Å². The lowest BCUT2D eigenvalue weighted by molar-refractivity contribution is 0.104. The number of anilines is 1. The van der Waals surface area contributed by atoms with Gasteiger partial charge in [0.1, 0.15) is 11.5 Å². The van der Waals surface area contributed by atoms with Crippen LogP contribution in [0, 0.1) is 5.82 Å². The van der Waals surface area contributed by atoms with Gasteiger partial charge in [-0.3, -0.25) is 9.13 Å². The highest BCUT2D eigenvalue weighted by atomic mass is 32.1. The summed E-state index contributed by atoms with van der Waals surface area (Å²) in [7, 11) is -4.88. The van der Waals surface area contributed by atoms with Crippen LogP contribution in [-0.2, 0) is 4.57 Å². The molecule has 0 saturated heterocycles. The molecule has 0 radical (unpaired) electrons. The number of benzene rings is 1. The van der Waals surface area contributed by atoms with Crippen molar-refractivity contribution in [1.29, 1.82) is 0 Å². The summed E-state index contributed by atoms with van der Waals surface area (Å²) < 4.78 is 31.3. The number of nitrogen functional groups attached to an aromatic ring is 1. The molecule has 0 amide bonds. The molecule has 13 heteroatoms. The average Bonchev–Trinajstić information content (AvgIpc) is 3.31. The van der Waals surface area contributed by atoms with E-state index in [1.807, 2.05) is 0 Å². The minimum Gasteiger partial charge on any atom is -0.402 e. The van der Waals surface area contributed by atoms with Crippen LogP contribution in [0.25, 0.3) is 22.5 Å². The van der Waals surface area contributed by atoms with Gasteiger partial charge in [0.25, 0.3) is 5.89 Å². The molecule has 0 aliphatic rings. The zero-order valence-corrected chi connectivity index (χ0v) is 14.8. The molecule has 0 fully saturated rings. The maximum Gasteiger partial charge on any atom is 0.434 e. The number of aromatic nitrogens is 4. The summed E-state index contributed by atoms with van der Waals surface area (Å²) in [5.41, 5.74) is 5.11. The number of nitrogens with zero attached hydrogens (tertiary/aromatic N) is 4. The van der Waals surface area contributed by atoms with Crippen molar-refractivity contribution in [3.63, 3.8) is 0 Å². The number of fused-ring (bicyclic) bond motifs is 1. The second-order valence-corrected chi connectivity index (χ2v) is 7.66. The highest BCUT2D eigenvalue weighted by molar-refractivity contribution is 7.50. The number of rotatable bonds is 4. The van der Waals surface area contributed by atoms with Gasteiger partial charge in [-0.25, -0.2) is 13.9 Å². The van der Waals surface area contributed by atoms with E-state index >= 15 is 0 Å². The summed E-state index contributed by atoms with van der Waals surface area (Å²) in [6.07, 6.45) is 0.919. The van der Waals surface area contributed by atoms with E-state index in [2.05, 4.69) is 15.2 Å². The molecular weight excluding hydrogens is 400 g/mol. The van der Waals surface area contributed by atoms with Crippen LogP contribution < -0.4 is 5.73 Å². The summed E-state index contributed by atoms with van der Waals surface area (Å²) in [5, 5.41) is 8.70. The van der Waals surface area contributed by atoms with Crippen LogP contribution in [0.4, 0.5) is 10.4 Å². The van der Waals surface area contributed by atoms with E-state index < -0.39 is 19.3 Å². The second kappa shape index (κ2) is 6.06. The molecule has 0 aliphatic heterocycles. The highest BCUT2D eigenvalue weighted by Crippen LogP contribution is 2.43. The number of para-hydroxylation sites is 1. The van der Waals surface area contributed by atoms with Gasteiger partial charge in [-0.1, -0.05) is 17.2 Å². The molecule has 0 spiro atoms. The van der Waals surface area contributed by atoms with Gasteiger partial charge in [0, 0.05) is 17.0 Å². The summed E-state index contributed by atoms with van der Waals surface area (Å²) in [5.74, 6) is -1.48. The van der Waals surface area contributed by atoms with Crippen LogP contribution in [0.5, 0.6) is 0 Å². The standard InChI is InChI=1S/C14H9FN5O5PS/c15-8-3-1-2-6-7(4-20(10(6)8)26(22,23)24)11(21)13-17-9(5-27-13)12-18-19-14(16)25-12/h1-5H,(H2,16,19)(H2,22,23,24). The van der Waals surface area contributed by atoms with Gasteiger partial charge in [-0.05, 0) is 6.07 Å². The van der Waals surface area contributed by atoms with E-state index in [0.717, 1.165) is 23.6 Å². The number of halogens is 1. The molecule has 0 atom stereocenters. The van der Waals surface area contributed by atoms with E-state index in [-0.39, 0.29) is 39.1 Å².